The zero-order valence-corrected chi connectivity index (χ0v) is 17.3. The lowest BCUT2D eigenvalue weighted by atomic mass is 9.96. The molecule has 0 spiro atoms. The molecule has 2 fully saturated rings. The number of rotatable bonds is 6. The molecule has 3 atom stereocenters. The second-order valence-electron chi connectivity index (χ2n) is 7.60. The van der Waals surface area contributed by atoms with Crippen molar-refractivity contribution >= 4 is 41.4 Å². The predicted octanol–water partition coefficient (Wildman–Crippen LogP) is 2.14. The van der Waals surface area contributed by atoms with Crippen LogP contribution in [0.15, 0.2) is 29.4 Å². The lowest BCUT2D eigenvalue weighted by Crippen LogP contribution is -2.51. The van der Waals surface area contributed by atoms with Crippen molar-refractivity contribution in [2.45, 2.75) is 43.0 Å². The number of carbonyl (C=O) groups is 2. The van der Waals surface area contributed by atoms with Crippen LogP contribution < -0.4 is 5.32 Å². The fraction of sp³-hybridized carbons (Fsp3) is 0.550. The number of benzene rings is 1. The average Bonchev–Trinajstić information content (AvgIpc) is 3.44. The Balaban J connectivity index is 1.33. The van der Waals surface area contributed by atoms with Gasteiger partial charge in [-0.05, 0) is 36.3 Å². The molecule has 28 heavy (non-hydrogen) atoms. The fourth-order valence-corrected chi connectivity index (χ4v) is 6.63. The largest absolute Gasteiger partial charge is 0.411 e. The minimum Gasteiger partial charge on any atom is -0.411 e. The van der Waals surface area contributed by atoms with Gasteiger partial charge in [0.25, 0.3) is 0 Å². The van der Waals surface area contributed by atoms with Gasteiger partial charge in [0.15, 0.2) is 0 Å². The van der Waals surface area contributed by atoms with Gasteiger partial charge in [-0.15, -0.1) is 23.5 Å². The number of nitrogens with one attached hydrogen (secondary N) is 1. The molecule has 2 N–H and O–H groups in total. The summed E-state index contributed by atoms with van der Waals surface area (Å²) in [5, 5.41) is 14.8. The van der Waals surface area contributed by atoms with Gasteiger partial charge in [0, 0.05) is 18.1 Å². The van der Waals surface area contributed by atoms with Crippen LogP contribution in [-0.4, -0.2) is 62.9 Å². The highest BCUT2D eigenvalue weighted by atomic mass is 32.2. The average molecular weight is 420 g/mol. The van der Waals surface area contributed by atoms with Crippen molar-refractivity contribution in [1.29, 1.82) is 0 Å². The van der Waals surface area contributed by atoms with E-state index in [0.29, 0.717) is 24.1 Å². The van der Waals surface area contributed by atoms with Crippen molar-refractivity contribution in [2.75, 3.05) is 17.5 Å². The molecule has 8 heteroatoms. The van der Waals surface area contributed by atoms with E-state index in [-0.39, 0.29) is 23.0 Å². The number of amides is 1. The van der Waals surface area contributed by atoms with Gasteiger partial charge in [-0.2, -0.15) is 0 Å². The monoisotopic (exact) mass is 419 g/mol. The van der Waals surface area contributed by atoms with Gasteiger partial charge < -0.3 is 10.1 Å². The molecule has 6 nitrogen and oxygen atoms in total. The zero-order chi connectivity index (χ0) is 19.5. The van der Waals surface area contributed by atoms with E-state index in [1.54, 1.807) is 16.7 Å². The first-order valence-electron chi connectivity index (χ1n) is 9.67. The highest BCUT2D eigenvalue weighted by Crippen LogP contribution is 2.32. The molecular weight excluding hydrogens is 394 g/mol. The number of nitrogens with zero attached hydrogens (tertiary/aromatic N) is 2. The van der Waals surface area contributed by atoms with E-state index in [4.69, 9.17) is 5.21 Å². The van der Waals surface area contributed by atoms with E-state index < -0.39 is 6.04 Å². The van der Waals surface area contributed by atoms with E-state index in [1.807, 2.05) is 0 Å². The van der Waals surface area contributed by atoms with E-state index in [0.717, 1.165) is 25.0 Å². The summed E-state index contributed by atoms with van der Waals surface area (Å²) in [6, 6.07) is 7.84. The first-order valence-corrected chi connectivity index (χ1v) is 11.9. The molecule has 0 radical (unpaired) electrons. The highest BCUT2D eigenvalue weighted by molar-refractivity contribution is 8.01. The standard InChI is InChI=1S/C20H25N3O3S2/c24-17(6-5-13-7-14-3-1-2-4-15(14)8-13)19-18(21-11-28-19)20(25)23-12-27-10-16(23)9-22-26/h1-4,9,13,16,18-19,21,26H,5-8,10-12H2/t16-,18+,19?/m1/s1. The number of Topliss-reactive ketones (excluding diaryl/α,β-unsaturated/α-hetero) is 1. The lowest BCUT2D eigenvalue weighted by Gasteiger charge is -2.26. The maximum Gasteiger partial charge on any atom is 0.242 e. The van der Waals surface area contributed by atoms with Gasteiger partial charge in [-0.1, -0.05) is 29.4 Å². The third kappa shape index (κ3) is 4.09. The maximum absolute atomic E-state index is 13.0. The summed E-state index contributed by atoms with van der Waals surface area (Å²) >= 11 is 3.16. The van der Waals surface area contributed by atoms with Crippen LogP contribution in [0.3, 0.4) is 0 Å². The predicted molar refractivity (Wildman–Crippen MR) is 113 cm³/mol. The van der Waals surface area contributed by atoms with E-state index in [2.05, 4.69) is 34.7 Å². The molecule has 1 aromatic carbocycles. The van der Waals surface area contributed by atoms with Gasteiger partial charge in [0.1, 0.15) is 11.8 Å². The molecule has 150 valence electrons. The Bertz CT molecular complexity index is 748. The normalized spacial score (nSPS) is 27.6. The summed E-state index contributed by atoms with van der Waals surface area (Å²) in [4.78, 5) is 27.6. The molecule has 1 aromatic rings. The third-order valence-electron chi connectivity index (χ3n) is 5.83. The minimum atomic E-state index is -0.480. The van der Waals surface area contributed by atoms with Crippen molar-refractivity contribution in [3.63, 3.8) is 0 Å². The van der Waals surface area contributed by atoms with Crippen LogP contribution >= 0.6 is 23.5 Å². The molecule has 1 aliphatic carbocycles. The highest BCUT2D eigenvalue weighted by Gasteiger charge is 2.42. The lowest BCUT2D eigenvalue weighted by molar-refractivity contribution is -0.134. The summed E-state index contributed by atoms with van der Waals surface area (Å²) < 4.78 is 0. The molecule has 0 bridgehead atoms. The van der Waals surface area contributed by atoms with Gasteiger partial charge >= 0.3 is 0 Å². The summed E-state index contributed by atoms with van der Waals surface area (Å²) in [5.74, 6) is 2.53. The van der Waals surface area contributed by atoms with Crippen LogP contribution in [0.2, 0.25) is 0 Å². The van der Waals surface area contributed by atoms with Crippen LogP contribution in [-0.2, 0) is 22.4 Å². The van der Waals surface area contributed by atoms with E-state index in [9.17, 15) is 9.59 Å². The van der Waals surface area contributed by atoms with Crippen LogP contribution in [0.4, 0.5) is 0 Å². The van der Waals surface area contributed by atoms with Crippen molar-refractivity contribution in [1.82, 2.24) is 10.2 Å². The number of hydrogen-bond acceptors (Lipinski definition) is 7. The van der Waals surface area contributed by atoms with E-state index in [1.165, 1.54) is 29.1 Å². The Kier molecular flexibility index (Phi) is 6.28. The fourth-order valence-electron chi connectivity index (χ4n) is 4.33. The summed E-state index contributed by atoms with van der Waals surface area (Å²) in [5.41, 5.74) is 2.82. The Morgan fingerprint density at radius 2 is 2.04 bits per heavy atom. The van der Waals surface area contributed by atoms with Crippen molar-refractivity contribution in [3.05, 3.63) is 35.4 Å². The second kappa shape index (κ2) is 8.88. The number of fused-ring (bicyclic) bond motifs is 1. The Morgan fingerprint density at radius 3 is 2.75 bits per heavy atom. The third-order valence-corrected chi connectivity index (χ3v) is 8.09. The van der Waals surface area contributed by atoms with Gasteiger partial charge in [0.05, 0.1) is 23.4 Å². The van der Waals surface area contributed by atoms with Crippen LogP contribution in [0.5, 0.6) is 0 Å². The van der Waals surface area contributed by atoms with Gasteiger partial charge in [0.2, 0.25) is 5.91 Å². The Labute approximate surface area is 173 Å². The van der Waals surface area contributed by atoms with Crippen LogP contribution in [0, 0.1) is 5.92 Å². The summed E-state index contributed by atoms with van der Waals surface area (Å²) in [6.45, 7) is 0. The topological polar surface area (TPSA) is 82.0 Å². The molecule has 2 heterocycles. The maximum atomic E-state index is 13.0. The van der Waals surface area contributed by atoms with Crippen LogP contribution in [0.1, 0.15) is 24.0 Å². The van der Waals surface area contributed by atoms with Crippen molar-refractivity contribution in [3.8, 4) is 0 Å². The quantitative estimate of drug-likeness (QED) is 0.418. The molecule has 1 amide bonds. The first kappa shape index (κ1) is 19.8. The SMILES string of the molecule is O=C(CCC1Cc2ccccc2C1)C1SCN[C@@H]1C(=O)N1CSC[C@H]1C=NO. The van der Waals surface area contributed by atoms with Crippen molar-refractivity contribution in [2.24, 2.45) is 11.1 Å². The van der Waals surface area contributed by atoms with Gasteiger partial charge in [-0.3, -0.25) is 14.9 Å². The molecular formula is C20H25N3O3S2. The van der Waals surface area contributed by atoms with Gasteiger partial charge in [-0.25, -0.2) is 0 Å². The Hall–Kier alpha value is -1.51. The molecule has 2 saturated heterocycles. The molecule has 0 aromatic heterocycles. The van der Waals surface area contributed by atoms with Crippen LogP contribution in [0.25, 0.3) is 0 Å². The number of thioether (sulfide) groups is 2. The number of hydrogen-bond donors (Lipinski definition) is 2. The summed E-state index contributed by atoms with van der Waals surface area (Å²) in [7, 11) is 0. The second-order valence-corrected chi connectivity index (χ2v) is 9.73. The molecule has 2 aliphatic heterocycles. The van der Waals surface area contributed by atoms with E-state index >= 15 is 0 Å². The molecule has 0 saturated carbocycles. The smallest absolute Gasteiger partial charge is 0.242 e. The molecule has 1 unspecified atom stereocenters. The number of oxime groups is 1. The molecule has 4 rings (SSSR count). The Morgan fingerprint density at radius 1 is 1.29 bits per heavy atom. The minimum absolute atomic E-state index is 0.0634. The number of ketones is 1. The summed E-state index contributed by atoms with van der Waals surface area (Å²) in [6.07, 6.45) is 4.90. The first-order chi connectivity index (χ1) is 13.7. The zero-order valence-electron chi connectivity index (χ0n) is 15.6. The van der Waals surface area contributed by atoms with Crippen molar-refractivity contribution < 1.29 is 14.8 Å². The molecule has 3 aliphatic rings. The number of carbonyl (C=O) groups excluding carboxylic acids is 2.